The van der Waals surface area contributed by atoms with Gasteiger partial charge in [-0.1, -0.05) is 24.3 Å². The molecule has 2 aromatic carbocycles. The van der Waals surface area contributed by atoms with Crippen LogP contribution in [0.1, 0.15) is 5.56 Å². The first kappa shape index (κ1) is 12.9. The summed E-state index contributed by atoms with van der Waals surface area (Å²) < 4.78 is 2.57. The van der Waals surface area contributed by atoms with Gasteiger partial charge in [0.1, 0.15) is 0 Å². The monoisotopic (exact) mass is 328 g/mol. The Labute approximate surface area is 124 Å². The molecule has 0 fully saturated rings. The van der Waals surface area contributed by atoms with Crippen LogP contribution >= 0.6 is 15.9 Å². The van der Waals surface area contributed by atoms with Crippen LogP contribution in [0.5, 0.6) is 0 Å². The van der Waals surface area contributed by atoms with Gasteiger partial charge in [-0.15, -0.1) is 0 Å². The number of halogens is 1. The molecule has 100 valence electrons. The molecule has 0 bridgehead atoms. The molecule has 0 aliphatic carbocycles. The molecule has 0 aliphatic rings. The minimum absolute atomic E-state index is 0.0181. The number of hydrogen-bond acceptors (Lipinski definition) is 2. The van der Waals surface area contributed by atoms with Crippen molar-refractivity contribution in [2.75, 3.05) is 5.73 Å². The summed E-state index contributed by atoms with van der Waals surface area (Å²) in [5, 5.41) is 1.70. The Balaban J connectivity index is 2.04. The van der Waals surface area contributed by atoms with Crippen LogP contribution in [0, 0.1) is 0 Å². The van der Waals surface area contributed by atoms with E-state index < -0.39 is 0 Å². The first-order valence-electron chi connectivity index (χ1n) is 6.27. The Morgan fingerprint density at radius 2 is 1.90 bits per heavy atom. The molecular formula is C16H13BrN2O. The summed E-state index contributed by atoms with van der Waals surface area (Å²) in [5.74, 6) is 0. The summed E-state index contributed by atoms with van der Waals surface area (Å²) >= 11 is 3.37. The fourth-order valence-electron chi connectivity index (χ4n) is 2.24. The van der Waals surface area contributed by atoms with Gasteiger partial charge in [-0.25, -0.2) is 0 Å². The van der Waals surface area contributed by atoms with Crippen LogP contribution in [0.2, 0.25) is 0 Å². The zero-order valence-corrected chi connectivity index (χ0v) is 12.3. The van der Waals surface area contributed by atoms with Gasteiger partial charge in [0.2, 0.25) is 0 Å². The number of rotatable bonds is 2. The van der Waals surface area contributed by atoms with Crippen molar-refractivity contribution < 1.29 is 0 Å². The lowest BCUT2D eigenvalue weighted by molar-refractivity contribution is 0.768. The van der Waals surface area contributed by atoms with Crippen LogP contribution < -0.4 is 11.3 Å². The standard InChI is InChI=1S/C16H13BrN2O/c17-14-6-5-11(9-15(14)18)10-19-8-7-12-3-1-2-4-13(12)16(19)20/h1-9H,10,18H2. The van der Waals surface area contributed by atoms with E-state index in [1.165, 1.54) is 0 Å². The van der Waals surface area contributed by atoms with Gasteiger partial charge < -0.3 is 10.3 Å². The SMILES string of the molecule is Nc1cc(Cn2ccc3ccccc3c2=O)ccc1Br. The predicted octanol–water partition coefficient (Wildman–Crippen LogP) is 3.39. The van der Waals surface area contributed by atoms with E-state index in [0.29, 0.717) is 12.2 Å². The molecular weight excluding hydrogens is 316 g/mol. The van der Waals surface area contributed by atoms with Crippen LogP contribution in [0.3, 0.4) is 0 Å². The fraction of sp³-hybridized carbons (Fsp3) is 0.0625. The summed E-state index contributed by atoms with van der Waals surface area (Å²) in [6.07, 6.45) is 1.82. The smallest absolute Gasteiger partial charge is 0.258 e. The molecule has 20 heavy (non-hydrogen) atoms. The van der Waals surface area contributed by atoms with E-state index >= 15 is 0 Å². The lowest BCUT2D eigenvalue weighted by atomic mass is 10.1. The quantitative estimate of drug-likeness (QED) is 0.733. The maximum Gasteiger partial charge on any atom is 0.258 e. The third-order valence-corrected chi connectivity index (χ3v) is 4.02. The number of fused-ring (bicyclic) bond motifs is 1. The van der Waals surface area contributed by atoms with Crippen LogP contribution in [0.15, 0.2) is 64.0 Å². The van der Waals surface area contributed by atoms with Crippen LogP contribution in [-0.2, 0) is 6.54 Å². The van der Waals surface area contributed by atoms with Gasteiger partial charge in [-0.2, -0.15) is 0 Å². The van der Waals surface area contributed by atoms with Crippen molar-refractivity contribution in [2.45, 2.75) is 6.54 Å². The first-order valence-corrected chi connectivity index (χ1v) is 7.06. The molecule has 0 saturated carbocycles. The average molecular weight is 329 g/mol. The van der Waals surface area contributed by atoms with E-state index in [1.807, 2.05) is 54.7 Å². The minimum Gasteiger partial charge on any atom is -0.398 e. The van der Waals surface area contributed by atoms with Gasteiger partial charge in [0.05, 0.1) is 6.54 Å². The zero-order valence-electron chi connectivity index (χ0n) is 10.7. The van der Waals surface area contributed by atoms with Crippen molar-refractivity contribution in [2.24, 2.45) is 0 Å². The van der Waals surface area contributed by atoms with Crippen molar-refractivity contribution in [1.29, 1.82) is 0 Å². The van der Waals surface area contributed by atoms with Crippen LogP contribution in [0.4, 0.5) is 5.69 Å². The van der Waals surface area contributed by atoms with Gasteiger partial charge in [-0.05, 0) is 51.1 Å². The highest BCUT2D eigenvalue weighted by Gasteiger charge is 2.04. The van der Waals surface area contributed by atoms with Crippen LogP contribution in [-0.4, -0.2) is 4.57 Å². The molecule has 0 aliphatic heterocycles. The number of nitrogens with zero attached hydrogens (tertiary/aromatic N) is 1. The number of benzene rings is 2. The van der Waals surface area contributed by atoms with Crippen molar-refractivity contribution >= 4 is 32.4 Å². The van der Waals surface area contributed by atoms with Crippen molar-refractivity contribution in [3.63, 3.8) is 0 Å². The average Bonchev–Trinajstić information content (AvgIpc) is 2.46. The Morgan fingerprint density at radius 1 is 1.10 bits per heavy atom. The third-order valence-electron chi connectivity index (χ3n) is 3.30. The first-order chi connectivity index (χ1) is 9.65. The molecule has 3 rings (SSSR count). The largest absolute Gasteiger partial charge is 0.398 e. The van der Waals surface area contributed by atoms with Gasteiger partial charge in [-0.3, -0.25) is 4.79 Å². The minimum atomic E-state index is 0.0181. The van der Waals surface area contributed by atoms with Crippen molar-refractivity contribution in [1.82, 2.24) is 4.57 Å². The predicted molar refractivity (Wildman–Crippen MR) is 85.9 cm³/mol. The van der Waals surface area contributed by atoms with Gasteiger partial charge in [0.15, 0.2) is 0 Å². The highest BCUT2D eigenvalue weighted by atomic mass is 79.9. The van der Waals surface area contributed by atoms with E-state index in [2.05, 4.69) is 15.9 Å². The third kappa shape index (κ3) is 2.34. The van der Waals surface area contributed by atoms with E-state index in [0.717, 1.165) is 20.8 Å². The molecule has 0 amide bonds. The van der Waals surface area contributed by atoms with E-state index in [4.69, 9.17) is 5.73 Å². The molecule has 0 radical (unpaired) electrons. The fourth-order valence-corrected chi connectivity index (χ4v) is 2.49. The molecule has 1 aromatic heterocycles. The summed E-state index contributed by atoms with van der Waals surface area (Å²) in [6.45, 7) is 0.515. The van der Waals surface area contributed by atoms with Crippen LogP contribution in [0.25, 0.3) is 10.8 Å². The molecule has 0 unspecified atom stereocenters. The normalized spacial score (nSPS) is 10.8. The van der Waals surface area contributed by atoms with Crippen molar-refractivity contribution in [3.8, 4) is 0 Å². The molecule has 1 heterocycles. The maximum atomic E-state index is 12.4. The Morgan fingerprint density at radius 3 is 2.70 bits per heavy atom. The topological polar surface area (TPSA) is 48.0 Å². The van der Waals surface area contributed by atoms with Gasteiger partial charge in [0.25, 0.3) is 5.56 Å². The molecule has 3 aromatic rings. The highest BCUT2D eigenvalue weighted by Crippen LogP contribution is 2.20. The van der Waals surface area contributed by atoms with E-state index in [1.54, 1.807) is 4.57 Å². The number of nitrogen functional groups attached to an aromatic ring is 1. The summed E-state index contributed by atoms with van der Waals surface area (Å²) in [6, 6.07) is 15.3. The summed E-state index contributed by atoms with van der Waals surface area (Å²) in [4.78, 5) is 12.4. The second-order valence-corrected chi connectivity index (χ2v) is 5.55. The molecule has 0 atom stereocenters. The number of anilines is 1. The molecule has 4 heteroatoms. The lowest BCUT2D eigenvalue weighted by Crippen LogP contribution is -2.20. The highest BCUT2D eigenvalue weighted by molar-refractivity contribution is 9.10. The van der Waals surface area contributed by atoms with E-state index in [9.17, 15) is 4.79 Å². The maximum absolute atomic E-state index is 12.4. The van der Waals surface area contributed by atoms with Gasteiger partial charge in [0, 0.05) is 21.7 Å². The number of pyridine rings is 1. The number of hydrogen-bond donors (Lipinski definition) is 1. The Kier molecular flexibility index (Phi) is 3.32. The summed E-state index contributed by atoms with van der Waals surface area (Å²) in [7, 11) is 0. The zero-order chi connectivity index (χ0) is 14.1. The Bertz CT molecular complexity index is 839. The number of nitrogens with two attached hydrogens (primary N) is 1. The Hall–Kier alpha value is -2.07. The molecule has 3 nitrogen and oxygen atoms in total. The van der Waals surface area contributed by atoms with Crippen molar-refractivity contribution in [3.05, 3.63) is 75.1 Å². The molecule has 0 spiro atoms. The van der Waals surface area contributed by atoms with Gasteiger partial charge >= 0.3 is 0 Å². The summed E-state index contributed by atoms with van der Waals surface area (Å²) in [5.41, 5.74) is 7.57. The molecule has 0 saturated heterocycles. The van der Waals surface area contributed by atoms with E-state index in [-0.39, 0.29) is 5.56 Å². The second-order valence-electron chi connectivity index (χ2n) is 4.69. The molecule has 2 N–H and O–H groups in total. The second kappa shape index (κ2) is 5.13. The number of aromatic nitrogens is 1. The lowest BCUT2D eigenvalue weighted by Gasteiger charge is -2.08.